The molecule has 1 aromatic carbocycles. The minimum absolute atomic E-state index is 0.0641. The Bertz CT molecular complexity index is 767. The molecule has 0 saturated heterocycles. The number of thiophene rings is 1. The highest BCUT2D eigenvalue weighted by Crippen LogP contribution is 2.35. The van der Waals surface area contributed by atoms with E-state index in [1.807, 2.05) is 12.1 Å². The van der Waals surface area contributed by atoms with Gasteiger partial charge in [-0.1, -0.05) is 35.4 Å². The SMILES string of the molecule is CC1=CCC(ONc2cc(-c3ccc(Cl)cc3)sc2C(=O)O)CC1. The average Bonchev–Trinajstić information content (AvgIpc) is 2.99. The first kappa shape index (κ1) is 17.0. The molecule has 24 heavy (non-hydrogen) atoms. The van der Waals surface area contributed by atoms with Crippen LogP contribution in [0.1, 0.15) is 35.9 Å². The highest BCUT2D eigenvalue weighted by atomic mass is 35.5. The molecule has 0 radical (unpaired) electrons. The fraction of sp³-hybridized carbons (Fsp3) is 0.278. The molecule has 1 aromatic heterocycles. The van der Waals surface area contributed by atoms with Crippen molar-refractivity contribution in [3.63, 3.8) is 0 Å². The number of carboxylic acid groups (broad SMARTS) is 1. The number of halogens is 1. The highest BCUT2D eigenvalue weighted by molar-refractivity contribution is 7.18. The number of aromatic carboxylic acids is 1. The molecule has 2 N–H and O–H groups in total. The predicted molar refractivity (Wildman–Crippen MR) is 97.8 cm³/mol. The fourth-order valence-electron chi connectivity index (χ4n) is 2.58. The third kappa shape index (κ3) is 3.98. The molecule has 0 spiro atoms. The first-order valence-corrected chi connectivity index (χ1v) is 8.92. The molecule has 4 nitrogen and oxygen atoms in total. The molecule has 1 unspecified atom stereocenters. The predicted octanol–water partition coefficient (Wildman–Crippen LogP) is 5.61. The fourth-order valence-corrected chi connectivity index (χ4v) is 3.65. The van der Waals surface area contributed by atoms with Crippen molar-refractivity contribution in [2.24, 2.45) is 0 Å². The molecule has 6 heteroatoms. The van der Waals surface area contributed by atoms with Crippen LogP contribution in [0, 0.1) is 0 Å². The lowest BCUT2D eigenvalue weighted by Gasteiger charge is -2.20. The van der Waals surface area contributed by atoms with Crippen molar-refractivity contribution in [1.29, 1.82) is 0 Å². The third-order valence-electron chi connectivity index (χ3n) is 3.98. The zero-order valence-electron chi connectivity index (χ0n) is 13.2. The Hall–Kier alpha value is -1.82. The topological polar surface area (TPSA) is 58.6 Å². The molecule has 0 fully saturated rings. The van der Waals surface area contributed by atoms with E-state index in [4.69, 9.17) is 16.4 Å². The molecule has 1 aliphatic rings. The lowest BCUT2D eigenvalue weighted by Crippen LogP contribution is -2.19. The molecule has 0 aliphatic heterocycles. The Kier molecular flexibility index (Phi) is 5.23. The number of hydrogen-bond donors (Lipinski definition) is 2. The summed E-state index contributed by atoms with van der Waals surface area (Å²) >= 11 is 7.12. The van der Waals surface area contributed by atoms with Gasteiger partial charge in [-0.25, -0.2) is 4.79 Å². The molecule has 2 aromatic rings. The van der Waals surface area contributed by atoms with Crippen LogP contribution in [0.25, 0.3) is 10.4 Å². The maximum Gasteiger partial charge on any atom is 0.348 e. The van der Waals surface area contributed by atoms with Crippen LogP contribution in [0.5, 0.6) is 0 Å². The van der Waals surface area contributed by atoms with Crippen molar-refractivity contribution in [1.82, 2.24) is 0 Å². The average molecular weight is 364 g/mol. The van der Waals surface area contributed by atoms with Gasteiger partial charge in [0.15, 0.2) is 0 Å². The maximum atomic E-state index is 11.5. The second-order valence-electron chi connectivity index (χ2n) is 5.83. The van der Waals surface area contributed by atoms with E-state index >= 15 is 0 Å². The van der Waals surface area contributed by atoms with Gasteiger partial charge in [0.25, 0.3) is 0 Å². The van der Waals surface area contributed by atoms with Gasteiger partial charge in [0.05, 0.1) is 11.8 Å². The Balaban J connectivity index is 1.77. The minimum Gasteiger partial charge on any atom is -0.477 e. The number of nitrogens with one attached hydrogen (secondary N) is 1. The summed E-state index contributed by atoms with van der Waals surface area (Å²) in [6.07, 6.45) is 5.02. The van der Waals surface area contributed by atoms with Gasteiger partial charge in [0.2, 0.25) is 0 Å². The number of rotatable bonds is 5. The molecule has 0 saturated carbocycles. The van der Waals surface area contributed by atoms with E-state index in [-0.39, 0.29) is 11.0 Å². The monoisotopic (exact) mass is 363 g/mol. The molecule has 1 atom stereocenters. The van der Waals surface area contributed by atoms with Crippen molar-refractivity contribution in [2.75, 3.05) is 5.48 Å². The molecule has 3 rings (SSSR count). The van der Waals surface area contributed by atoms with E-state index < -0.39 is 5.97 Å². The number of hydrogen-bond acceptors (Lipinski definition) is 4. The Labute approximate surface area is 149 Å². The first-order valence-electron chi connectivity index (χ1n) is 7.73. The van der Waals surface area contributed by atoms with Crippen molar-refractivity contribution >= 4 is 34.6 Å². The molecule has 0 bridgehead atoms. The summed E-state index contributed by atoms with van der Waals surface area (Å²) in [4.78, 5) is 18.3. The molecular weight excluding hydrogens is 346 g/mol. The smallest absolute Gasteiger partial charge is 0.348 e. The van der Waals surface area contributed by atoms with Gasteiger partial charge < -0.3 is 5.11 Å². The number of allylic oxidation sites excluding steroid dienone is 1. The standard InChI is InChI=1S/C18H18ClNO3S/c1-11-2-8-14(9-3-11)23-20-15-10-16(24-17(15)18(21)22)12-4-6-13(19)7-5-12/h2,4-7,10,14,20H,3,8-9H2,1H3,(H,21,22). The van der Waals surface area contributed by atoms with Crippen LogP contribution in [-0.4, -0.2) is 17.2 Å². The third-order valence-corrected chi connectivity index (χ3v) is 5.40. The number of carboxylic acids is 1. The van der Waals surface area contributed by atoms with E-state index in [0.717, 1.165) is 29.7 Å². The second kappa shape index (κ2) is 7.38. The van der Waals surface area contributed by atoms with E-state index in [1.165, 1.54) is 16.9 Å². The van der Waals surface area contributed by atoms with Crippen LogP contribution in [0.4, 0.5) is 5.69 Å². The second-order valence-corrected chi connectivity index (χ2v) is 7.32. The van der Waals surface area contributed by atoms with Crippen molar-refractivity contribution in [3.05, 3.63) is 51.9 Å². The Morgan fingerprint density at radius 2 is 2.12 bits per heavy atom. The van der Waals surface area contributed by atoms with Crippen LogP contribution in [0.2, 0.25) is 5.02 Å². The first-order chi connectivity index (χ1) is 11.5. The van der Waals surface area contributed by atoms with Crippen molar-refractivity contribution in [2.45, 2.75) is 32.3 Å². The Morgan fingerprint density at radius 1 is 1.38 bits per heavy atom. The Morgan fingerprint density at radius 3 is 2.75 bits per heavy atom. The van der Waals surface area contributed by atoms with Crippen molar-refractivity contribution in [3.8, 4) is 10.4 Å². The van der Waals surface area contributed by atoms with E-state index in [2.05, 4.69) is 18.5 Å². The van der Waals surface area contributed by atoms with Crippen LogP contribution in [-0.2, 0) is 4.84 Å². The summed E-state index contributed by atoms with van der Waals surface area (Å²) in [5.74, 6) is -0.967. The molecule has 1 heterocycles. The zero-order chi connectivity index (χ0) is 17.1. The van der Waals surface area contributed by atoms with E-state index in [0.29, 0.717) is 10.7 Å². The van der Waals surface area contributed by atoms with Gasteiger partial charge in [-0.05, 0) is 49.9 Å². The van der Waals surface area contributed by atoms with Gasteiger partial charge in [0, 0.05) is 9.90 Å². The largest absolute Gasteiger partial charge is 0.477 e. The van der Waals surface area contributed by atoms with Gasteiger partial charge in [-0.15, -0.1) is 11.3 Å². The molecule has 126 valence electrons. The quantitative estimate of drug-likeness (QED) is 0.535. The minimum atomic E-state index is -0.967. The van der Waals surface area contributed by atoms with Gasteiger partial charge >= 0.3 is 5.97 Å². The summed E-state index contributed by atoms with van der Waals surface area (Å²) in [6, 6.07) is 9.13. The summed E-state index contributed by atoms with van der Waals surface area (Å²) < 4.78 is 0. The van der Waals surface area contributed by atoms with Gasteiger partial charge in [0.1, 0.15) is 4.88 Å². The van der Waals surface area contributed by atoms with Crippen LogP contribution < -0.4 is 5.48 Å². The van der Waals surface area contributed by atoms with Crippen molar-refractivity contribution < 1.29 is 14.7 Å². The normalized spacial score (nSPS) is 17.4. The number of anilines is 1. The van der Waals surface area contributed by atoms with Crippen LogP contribution in [0.15, 0.2) is 42.0 Å². The van der Waals surface area contributed by atoms with E-state index in [1.54, 1.807) is 18.2 Å². The molecule has 1 aliphatic carbocycles. The zero-order valence-corrected chi connectivity index (χ0v) is 14.8. The highest BCUT2D eigenvalue weighted by Gasteiger charge is 2.19. The summed E-state index contributed by atoms with van der Waals surface area (Å²) in [5.41, 5.74) is 5.65. The van der Waals surface area contributed by atoms with Crippen LogP contribution >= 0.6 is 22.9 Å². The molecule has 0 amide bonds. The van der Waals surface area contributed by atoms with Crippen LogP contribution in [0.3, 0.4) is 0 Å². The molecular formula is C18H18ClNO3S. The maximum absolute atomic E-state index is 11.5. The summed E-state index contributed by atoms with van der Waals surface area (Å²) in [5, 5.41) is 10.1. The van der Waals surface area contributed by atoms with Gasteiger partial charge in [-0.2, -0.15) is 0 Å². The summed E-state index contributed by atoms with van der Waals surface area (Å²) in [7, 11) is 0. The van der Waals surface area contributed by atoms with Gasteiger partial charge in [-0.3, -0.25) is 10.3 Å². The lowest BCUT2D eigenvalue weighted by molar-refractivity contribution is 0.0695. The number of carbonyl (C=O) groups is 1. The summed E-state index contributed by atoms with van der Waals surface area (Å²) in [6.45, 7) is 2.11. The van der Waals surface area contributed by atoms with E-state index in [9.17, 15) is 9.90 Å². The lowest BCUT2D eigenvalue weighted by atomic mass is 9.99. The number of benzene rings is 1.